The summed E-state index contributed by atoms with van der Waals surface area (Å²) in [7, 11) is 0. The highest BCUT2D eigenvalue weighted by molar-refractivity contribution is 6.10. The molecule has 3 aliphatic rings. The van der Waals surface area contributed by atoms with Crippen molar-refractivity contribution in [1.29, 1.82) is 0 Å². The number of carbonyl (C=O) groups is 2. The van der Waals surface area contributed by atoms with Crippen molar-refractivity contribution >= 4 is 34.4 Å². The minimum atomic E-state index is -1.17. The third-order valence-corrected chi connectivity index (χ3v) is 10.0. The van der Waals surface area contributed by atoms with Crippen LogP contribution in [0.4, 0.5) is 5.82 Å². The maximum Gasteiger partial charge on any atom is 0.341 e. The second-order valence-electron chi connectivity index (χ2n) is 13.1. The third kappa shape index (κ3) is 5.51. The first kappa shape index (κ1) is 30.5. The number of benzene rings is 3. The number of aromatic nitrogens is 3. The lowest BCUT2D eigenvalue weighted by Gasteiger charge is -2.45. The number of carboxylic acid groups (broad SMARTS) is 1. The molecule has 1 atom stereocenters. The highest BCUT2D eigenvalue weighted by Crippen LogP contribution is 2.45. The van der Waals surface area contributed by atoms with Gasteiger partial charge in [0.15, 0.2) is 5.82 Å². The second kappa shape index (κ2) is 12.3. The maximum atomic E-state index is 13.8. The number of hydrogen-bond donors (Lipinski definition) is 2. The lowest BCUT2D eigenvalue weighted by Crippen LogP contribution is -2.53. The van der Waals surface area contributed by atoms with Gasteiger partial charge in [-0.25, -0.2) is 19.5 Å². The molecule has 2 N–H and O–H groups in total. The first-order chi connectivity index (χ1) is 23.9. The van der Waals surface area contributed by atoms with Crippen LogP contribution in [0.2, 0.25) is 0 Å². The lowest BCUT2D eigenvalue weighted by atomic mass is 9.82. The molecule has 1 saturated carbocycles. The number of carboxylic acids is 1. The van der Waals surface area contributed by atoms with Gasteiger partial charge in [-0.15, -0.1) is 0 Å². The van der Waals surface area contributed by atoms with E-state index < -0.39 is 17.4 Å². The molecule has 9 nitrogen and oxygen atoms in total. The molecule has 1 aliphatic heterocycles. The highest BCUT2D eigenvalue weighted by Gasteiger charge is 2.47. The van der Waals surface area contributed by atoms with Gasteiger partial charge in [-0.3, -0.25) is 4.79 Å². The maximum absolute atomic E-state index is 13.8. The summed E-state index contributed by atoms with van der Waals surface area (Å²) in [5, 5.41) is 18.0. The van der Waals surface area contributed by atoms with Gasteiger partial charge in [0, 0.05) is 28.1 Å². The number of pyridine rings is 1. The van der Waals surface area contributed by atoms with Crippen LogP contribution in [-0.2, 0) is 4.79 Å². The summed E-state index contributed by atoms with van der Waals surface area (Å²) in [5.74, 6) is -0.555. The van der Waals surface area contributed by atoms with E-state index in [-0.39, 0.29) is 11.4 Å². The molecule has 3 heterocycles. The number of aliphatic imine (C=N–C) groups is 1. The van der Waals surface area contributed by atoms with Crippen LogP contribution in [0.1, 0.15) is 61.4 Å². The van der Waals surface area contributed by atoms with E-state index >= 15 is 0 Å². The van der Waals surface area contributed by atoms with Crippen LogP contribution in [0.25, 0.3) is 27.8 Å². The minimum Gasteiger partial charge on any atom is -0.477 e. The predicted octanol–water partition coefficient (Wildman–Crippen LogP) is 7.79. The van der Waals surface area contributed by atoms with E-state index in [1.807, 2.05) is 48.6 Å². The SMILES string of the molecule is CC12CC=C(C(=O)Nc3c(C(=O)O)cnn3-c3ccccc3)C=C1N=C(c1ccc3nc(-c4ccccc4)ccc3c1)N2C1CCCCC1. The standard InChI is InChI=1S/C40H36N6O3/c1-40-22-21-29(38(47)44-37-32(39(48)49)25-41-46(37)31-15-9-4-10-16-31)24-35(40)43-36(45(40)30-13-7-3-8-14-30)28-18-20-34-27(23-28)17-19-33(42-34)26-11-5-2-6-12-26/h2,4-6,9-12,15-21,23-25,30H,3,7-8,13-14,22H2,1H3,(H,44,47)(H,48,49). The molecule has 8 rings (SSSR count). The summed E-state index contributed by atoms with van der Waals surface area (Å²) < 4.78 is 1.44. The number of hydrogen-bond acceptors (Lipinski definition) is 6. The first-order valence-electron chi connectivity index (χ1n) is 16.8. The summed E-state index contributed by atoms with van der Waals surface area (Å²) in [4.78, 5) is 38.6. The van der Waals surface area contributed by atoms with E-state index in [1.165, 1.54) is 30.1 Å². The number of anilines is 1. The van der Waals surface area contributed by atoms with Gasteiger partial charge in [0.2, 0.25) is 0 Å². The van der Waals surface area contributed by atoms with Crippen molar-refractivity contribution in [3.8, 4) is 16.9 Å². The van der Waals surface area contributed by atoms with Gasteiger partial charge in [-0.2, -0.15) is 5.10 Å². The fourth-order valence-electron chi connectivity index (χ4n) is 7.43. The Balaban J connectivity index is 1.14. The van der Waals surface area contributed by atoms with E-state index in [0.29, 0.717) is 23.7 Å². The molecule has 3 aromatic carbocycles. The number of nitrogens with one attached hydrogen (secondary N) is 1. The van der Waals surface area contributed by atoms with Gasteiger partial charge in [0.25, 0.3) is 5.91 Å². The van der Waals surface area contributed by atoms with Gasteiger partial charge in [0.1, 0.15) is 11.4 Å². The van der Waals surface area contributed by atoms with Crippen molar-refractivity contribution in [3.05, 3.63) is 132 Å². The number of amidine groups is 1. The van der Waals surface area contributed by atoms with Gasteiger partial charge in [-0.1, -0.05) is 79.9 Å². The largest absolute Gasteiger partial charge is 0.477 e. The van der Waals surface area contributed by atoms with E-state index in [1.54, 1.807) is 12.1 Å². The molecule has 49 heavy (non-hydrogen) atoms. The molecule has 5 aromatic rings. The van der Waals surface area contributed by atoms with Crippen LogP contribution in [0, 0.1) is 0 Å². The van der Waals surface area contributed by atoms with E-state index in [0.717, 1.165) is 52.1 Å². The van der Waals surface area contributed by atoms with Crippen LogP contribution >= 0.6 is 0 Å². The molecule has 1 fully saturated rings. The number of nitrogens with zero attached hydrogens (tertiary/aromatic N) is 5. The van der Waals surface area contributed by atoms with Crippen LogP contribution in [0.3, 0.4) is 0 Å². The molecule has 0 saturated heterocycles. The molecule has 1 amide bonds. The summed E-state index contributed by atoms with van der Waals surface area (Å²) >= 11 is 0. The Morgan fingerprint density at radius 3 is 2.41 bits per heavy atom. The van der Waals surface area contributed by atoms with Crippen LogP contribution in [-0.4, -0.2) is 54.1 Å². The van der Waals surface area contributed by atoms with Crippen molar-refractivity contribution in [2.24, 2.45) is 4.99 Å². The van der Waals surface area contributed by atoms with Crippen LogP contribution in [0.15, 0.2) is 126 Å². The zero-order valence-corrected chi connectivity index (χ0v) is 27.2. The number of amides is 1. The molecular formula is C40H36N6O3. The molecule has 0 radical (unpaired) electrons. The van der Waals surface area contributed by atoms with Crippen LogP contribution < -0.4 is 5.32 Å². The monoisotopic (exact) mass is 648 g/mol. The number of aromatic carboxylic acids is 1. The Kier molecular flexibility index (Phi) is 7.67. The number of rotatable bonds is 7. The van der Waals surface area contributed by atoms with Crippen molar-refractivity contribution in [2.75, 3.05) is 5.32 Å². The number of fused-ring (bicyclic) bond motifs is 2. The van der Waals surface area contributed by atoms with Crippen molar-refractivity contribution in [3.63, 3.8) is 0 Å². The number of para-hydroxylation sites is 1. The van der Waals surface area contributed by atoms with Gasteiger partial charge >= 0.3 is 5.97 Å². The fourth-order valence-corrected chi connectivity index (χ4v) is 7.43. The smallest absolute Gasteiger partial charge is 0.341 e. The topological polar surface area (TPSA) is 113 Å². The Labute approximate surface area is 284 Å². The molecule has 244 valence electrons. The average molecular weight is 649 g/mol. The quantitative estimate of drug-likeness (QED) is 0.186. The first-order valence-corrected chi connectivity index (χ1v) is 16.8. The summed E-state index contributed by atoms with van der Waals surface area (Å²) in [5.41, 5.74) is 5.36. The third-order valence-electron chi connectivity index (χ3n) is 10.0. The van der Waals surface area contributed by atoms with E-state index in [9.17, 15) is 14.7 Å². The Hall–Kier alpha value is -5.83. The summed E-state index contributed by atoms with van der Waals surface area (Å²) in [6, 6.07) is 30.2. The molecular weight excluding hydrogens is 612 g/mol. The molecule has 0 spiro atoms. The summed E-state index contributed by atoms with van der Waals surface area (Å²) in [6.45, 7) is 2.22. The van der Waals surface area contributed by atoms with Crippen molar-refractivity contribution in [1.82, 2.24) is 19.7 Å². The lowest BCUT2D eigenvalue weighted by molar-refractivity contribution is -0.112. The van der Waals surface area contributed by atoms with Gasteiger partial charge in [0.05, 0.1) is 34.3 Å². The van der Waals surface area contributed by atoms with Crippen LogP contribution in [0.5, 0.6) is 0 Å². The summed E-state index contributed by atoms with van der Waals surface area (Å²) in [6.07, 6.45) is 11.4. The molecule has 0 bridgehead atoms. The molecule has 2 aliphatic carbocycles. The van der Waals surface area contributed by atoms with E-state index in [4.69, 9.17) is 9.98 Å². The average Bonchev–Trinajstić information content (AvgIpc) is 3.70. The van der Waals surface area contributed by atoms with Crippen molar-refractivity contribution in [2.45, 2.75) is 57.0 Å². The normalized spacial score (nSPS) is 19.2. The van der Waals surface area contributed by atoms with E-state index in [2.05, 4.69) is 64.7 Å². The molecule has 2 aromatic heterocycles. The Morgan fingerprint density at radius 1 is 0.898 bits per heavy atom. The minimum absolute atomic E-state index is 0.0857. The predicted molar refractivity (Wildman–Crippen MR) is 191 cm³/mol. The molecule has 9 heteroatoms. The van der Waals surface area contributed by atoms with Gasteiger partial charge < -0.3 is 15.3 Å². The molecule has 1 unspecified atom stereocenters. The van der Waals surface area contributed by atoms with Crippen molar-refractivity contribution < 1.29 is 14.7 Å². The fraction of sp³-hybridized carbons (Fsp3) is 0.225. The van der Waals surface area contributed by atoms with Gasteiger partial charge in [-0.05, 0) is 68.7 Å². The second-order valence-corrected chi connectivity index (χ2v) is 13.1. The number of carbonyl (C=O) groups excluding carboxylic acids is 1. The Bertz CT molecular complexity index is 2180. The zero-order valence-electron chi connectivity index (χ0n) is 27.2. The highest BCUT2D eigenvalue weighted by atomic mass is 16.4. The Morgan fingerprint density at radius 2 is 1.65 bits per heavy atom. The zero-order chi connectivity index (χ0) is 33.5.